The predicted octanol–water partition coefficient (Wildman–Crippen LogP) is 2.15. The topological polar surface area (TPSA) is 84.5 Å². The standard InChI is InChI=1S/C14H20N2O4S/c1-8-6-10(9(2)21-8)12(18)20-7-11(17)15-13(19)16-14(3,4)5/h6H,7H2,1-5H3,(H2,15,16,17,19). The van der Waals surface area contributed by atoms with Gasteiger partial charge in [-0.1, -0.05) is 0 Å². The van der Waals surface area contributed by atoms with Crippen molar-refractivity contribution in [3.8, 4) is 0 Å². The van der Waals surface area contributed by atoms with Gasteiger partial charge in [-0.3, -0.25) is 10.1 Å². The fourth-order valence-electron chi connectivity index (χ4n) is 1.58. The third-order valence-corrected chi connectivity index (χ3v) is 3.30. The highest BCUT2D eigenvalue weighted by molar-refractivity contribution is 7.12. The van der Waals surface area contributed by atoms with Crippen molar-refractivity contribution in [2.75, 3.05) is 6.61 Å². The molecular weight excluding hydrogens is 292 g/mol. The van der Waals surface area contributed by atoms with Gasteiger partial charge in [-0.15, -0.1) is 11.3 Å². The molecule has 1 aromatic heterocycles. The molecule has 0 aliphatic heterocycles. The Morgan fingerprint density at radius 1 is 1.24 bits per heavy atom. The number of carbonyl (C=O) groups is 3. The number of nitrogens with one attached hydrogen (secondary N) is 2. The van der Waals surface area contributed by atoms with E-state index in [1.54, 1.807) is 26.8 Å². The average molecular weight is 312 g/mol. The zero-order valence-corrected chi connectivity index (χ0v) is 13.6. The van der Waals surface area contributed by atoms with Crippen LogP contribution >= 0.6 is 11.3 Å². The quantitative estimate of drug-likeness (QED) is 0.838. The highest BCUT2D eigenvalue weighted by Crippen LogP contribution is 2.21. The number of carbonyl (C=O) groups excluding carboxylic acids is 3. The second kappa shape index (κ2) is 6.71. The van der Waals surface area contributed by atoms with E-state index in [-0.39, 0.29) is 0 Å². The van der Waals surface area contributed by atoms with Gasteiger partial charge in [-0.25, -0.2) is 9.59 Å². The van der Waals surface area contributed by atoms with Crippen LogP contribution in [0.4, 0.5) is 4.79 Å². The summed E-state index contributed by atoms with van der Waals surface area (Å²) in [6.45, 7) is 8.57. The molecule has 0 atom stereocenters. The normalized spacial score (nSPS) is 10.9. The highest BCUT2D eigenvalue weighted by atomic mass is 32.1. The monoisotopic (exact) mass is 312 g/mol. The van der Waals surface area contributed by atoms with Gasteiger partial charge < -0.3 is 10.1 Å². The summed E-state index contributed by atoms with van der Waals surface area (Å²) in [5, 5.41) is 4.67. The third kappa shape index (κ3) is 5.95. The Kier molecular flexibility index (Phi) is 5.48. The van der Waals surface area contributed by atoms with Gasteiger partial charge in [0.25, 0.3) is 5.91 Å². The SMILES string of the molecule is Cc1cc(C(=O)OCC(=O)NC(=O)NC(C)(C)C)c(C)s1. The molecule has 116 valence electrons. The lowest BCUT2D eigenvalue weighted by molar-refractivity contribution is -0.123. The van der Waals surface area contributed by atoms with Crippen LogP contribution in [-0.4, -0.2) is 30.1 Å². The molecule has 7 heteroatoms. The van der Waals surface area contributed by atoms with Crippen molar-refractivity contribution in [3.63, 3.8) is 0 Å². The molecule has 2 N–H and O–H groups in total. The average Bonchev–Trinajstić information content (AvgIpc) is 2.62. The number of aryl methyl sites for hydroxylation is 2. The van der Waals surface area contributed by atoms with E-state index in [1.165, 1.54) is 11.3 Å². The second-order valence-corrected chi connectivity index (χ2v) is 7.12. The highest BCUT2D eigenvalue weighted by Gasteiger charge is 2.18. The maximum absolute atomic E-state index is 11.8. The van der Waals surface area contributed by atoms with E-state index in [2.05, 4.69) is 10.6 Å². The van der Waals surface area contributed by atoms with Crippen LogP contribution in [0.15, 0.2) is 6.07 Å². The molecule has 0 fully saturated rings. The van der Waals surface area contributed by atoms with Crippen LogP contribution in [0.1, 0.15) is 40.9 Å². The Labute approximate surface area is 127 Å². The van der Waals surface area contributed by atoms with Crippen molar-refractivity contribution in [2.24, 2.45) is 0 Å². The van der Waals surface area contributed by atoms with Crippen molar-refractivity contribution >= 4 is 29.2 Å². The van der Waals surface area contributed by atoms with E-state index < -0.39 is 30.1 Å². The molecule has 1 rings (SSSR count). The molecule has 1 heterocycles. The maximum Gasteiger partial charge on any atom is 0.339 e. The Bertz CT molecular complexity index is 558. The zero-order chi connectivity index (χ0) is 16.2. The van der Waals surface area contributed by atoms with Gasteiger partial charge in [0.05, 0.1) is 5.56 Å². The lowest BCUT2D eigenvalue weighted by Crippen LogP contribution is -2.49. The van der Waals surface area contributed by atoms with E-state index >= 15 is 0 Å². The first-order valence-electron chi connectivity index (χ1n) is 6.44. The zero-order valence-electron chi connectivity index (χ0n) is 12.8. The smallest absolute Gasteiger partial charge is 0.339 e. The summed E-state index contributed by atoms with van der Waals surface area (Å²) in [5.41, 5.74) is -0.00347. The van der Waals surface area contributed by atoms with Crippen molar-refractivity contribution in [2.45, 2.75) is 40.2 Å². The molecule has 0 bridgehead atoms. The Hall–Kier alpha value is -1.89. The molecule has 0 unspecified atom stereocenters. The number of amides is 3. The largest absolute Gasteiger partial charge is 0.452 e. The summed E-state index contributed by atoms with van der Waals surface area (Å²) in [6, 6.07) is 1.10. The molecule has 0 aromatic carbocycles. The summed E-state index contributed by atoms with van der Waals surface area (Å²) < 4.78 is 4.89. The molecule has 21 heavy (non-hydrogen) atoms. The van der Waals surface area contributed by atoms with E-state index in [0.29, 0.717) is 5.56 Å². The van der Waals surface area contributed by atoms with E-state index in [4.69, 9.17) is 4.74 Å². The van der Waals surface area contributed by atoms with E-state index in [1.807, 2.05) is 13.8 Å². The first kappa shape index (κ1) is 17.2. The van der Waals surface area contributed by atoms with Crippen molar-refractivity contribution < 1.29 is 19.1 Å². The van der Waals surface area contributed by atoms with Crippen molar-refractivity contribution in [1.82, 2.24) is 10.6 Å². The summed E-state index contributed by atoms with van der Waals surface area (Å²) in [5.74, 6) is -1.24. The minimum Gasteiger partial charge on any atom is -0.452 e. The third-order valence-electron chi connectivity index (χ3n) is 2.34. The van der Waals surface area contributed by atoms with Crippen LogP contribution in [0.3, 0.4) is 0 Å². The van der Waals surface area contributed by atoms with E-state index in [9.17, 15) is 14.4 Å². The minimum atomic E-state index is -0.672. The molecule has 3 amide bonds. The fraction of sp³-hybridized carbons (Fsp3) is 0.500. The number of imide groups is 1. The fourth-order valence-corrected chi connectivity index (χ4v) is 2.49. The van der Waals surface area contributed by atoms with Crippen LogP contribution in [0.2, 0.25) is 0 Å². The summed E-state index contributed by atoms with van der Waals surface area (Å²) >= 11 is 1.48. The summed E-state index contributed by atoms with van der Waals surface area (Å²) in [6.07, 6.45) is 0. The minimum absolute atomic E-state index is 0.449. The van der Waals surface area contributed by atoms with Gasteiger partial charge >= 0.3 is 12.0 Å². The molecule has 1 aromatic rings. The van der Waals surface area contributed by atoms with Crippen LogP contribution in [0, 0.1) is 13.8 Å². The first-order chi connectivity index (χ1) is 9.58. The Morgan fingerprint density at radius 3 is 2.33 bits per heavy atom. The van der Waals surface area contributed by atoms with Gasteiger partial charge in [0.1, 0.15) is 0 Å². The molecule has 6 nitrogen and oxygen atoms in total. The number of hydrogen-bond donors (Lipinski definition) is 2. The summed E-state index contributed by atoms with van der Waals surface area (Å²) in [4.78, 5) is 36.6. The van der Waals surface area contributed by atoms with Crippen LogP contribution < -0.4 is 10.6 Å². The number of rotatable bonds is 3. The number of thiophene rings is 1. The first-order valence-corrected chi connectivity index (χ1v) is 7.26. The molecule has 0 saturated carbocycles. The van der Waals surface area contributed by atoms with Crippen molar-refractivity contribution in [1.29, 1.82) is 0 Å². The Morgan fingerprint density at radius 2 is 1.86 bits per heavy atom. The number of urea groups is 1. The van der Waals surface area contributed by atoms with Gasteiger partial charge in [0, 0.05) is 15.3 Å². The van der Waals surface area contributed by atoms with E-state index in [0.717, 1.165) is 9.75 Å². The predicted molar refractivity (Wildman–Crippen MR) is 80.5 cm³/mol. The second-order valence-electron chi connectivity index (χ2n) is 5.66. The van der Waals surface area contributed by atoms with Gasteiger partial charge in [0.2, 0.25) is 0 Å². The van der Waals surface area contributed by atoms with Gasteiger partial charge in [0.15, 0.2) is 6.61 Å². The lowest BCUT2D eigenvalue weighted by Gasteiger charge is -2.20. The number of ether oxygens (including phenoxy) is 1. The molecular formula is C14H20N2O4S. The van der Waals surface area contributed by atoms with Crippen LogP contribution in [0.5, 0.6) is 0 Å². The summed E-state index contributed by atoms with van der Waals surface area (Å²) in [7, 11) is 0. The molecule has 0 saturated heterocycles. The van der Waals surface area contributed by atoms with Crippen LogP contribution in [0.25, 0.3) is 0 Å². The Balaban J connectivity index is 2.45. The lowest BCUT2D eigenvalue weighted by atomic mass is 10.1. The number of hydrogen-bond acceptors (Lipinski definition) is 5. The number of esters is 1. The molecule has 0 spiro atoms. The van der Waals surface area contributed by atoms with Crippen molar-refractivity contribution in [3.05, 3.63) is 21.4 Å². The molecule has 0 aliphatic carbocycles. The molecule has 0 aliphatic rings. The van der Waals surface area contributed by atoms with Gasteiger partial charge in [-0.2, -0.15) is 0 Å². The maximum atomic E-state index is 11.8. The molecule has 0 radical (unpaired) electrons. The van der Waals surface area contributed by atoms with Gasteiger partial charge in [-0.05, 0) is 40.7 Å². The van der Waals surface area contributed by atoms with Crippen LogP contribution in [-0.2, 0) is 9.53 Å².